The summed E-state index contributed by atoms with van der Waals surface area (Å²) in [6.45, 7) is 5.80. The molecule has 1 heteroatoms. The van der Waals surface area contributed by atoms with Crippen LogP contribution in [0, 0.1) is 0 Å². The van der Waals surface area contributed by atoms with E-state index < -0.39 is 0 Å². The monoisotopic (exact) mass is 200 g/mol. The summed E-state index contributed by atoms with van der Waals surface area (Å²) in [5, 5.41) is 0. The minimum atomic E-state index is 0.167. The summed E-state index contributed by atoms with van der Waals surface area (Å²) in [5.74, 6) is 0.539. The number of fused-ring (bicyclic) bond motifs is 1. The Hall–Kier alpha value is -1.37. The Labute approximate surface area is 90.8 Å². The van der Waals surface area contributed by atoms with E-state index in [1.54, 1.807) is 0 Å². The number of Topliss-reactive ketones (excluding diaryl/α,β-unsaturated/α-hetero) is 1. The number of benzene rings is 1. The smallest absolute Gasteiger partial charge is 0.141 e. The van der Waals surface area contributed by atoms with Gasteiger partial charge in [0.15, 0.2) is 0 Å². The molecule has 15 heavy (non-hydrogen) atoms. The van der Waals surface area contributed by atoms with Gasteiger partial charge in [-0.2, -0.15) is 0 Å². The lowest BCUT2D eigenvalue weighted by Crippen LogP contribution is -2.24. The molecule has 1 atom stereocenters. The van der Waals surface area contributed by atoms with Crippen LogP contribution < -0.4 is 0 Å². The highest BCUT2D eigenvalue weighted by Gasteiger charge is 2.30. The van der Waals surface area contributed by atoms with Crippen LogP contribution >= 0.6 is 0 Å². The highest BCUT2D eigenvalue weighted by molar-refractivity contribution is 5.88. The lowest BCUT2D eigenvalue weighted by molar-refractivity contribution is -0.121. The molecule has 1 nitrogen and oxygen atoms in total. The van der Waals surface area contributed by atoms with E-state index in [4.69, 9.17) is 0 Å². The van der Waals surface area contributed by atoms with Crippen molar-refractivity contribution in [2.45, 2.75) is 32.1 Å². The largest absolute Gasteiger partial charge is 0.299 e. The fourth-order valence-corrected chi connectivity index (χ4v) is 2.06. The third-order valence-electron chi connectivity index (χ3n) is 3.04. The molecule has 1 aliphatic rings. The molecule has 0 saturated heterocycles. The Balaban J connectivity index is 1.98. The standard InChI is InChI=1S/C14H16O/c1-10(2)7-8-14(15)13-9-11-5-3-4-6-12(11)13/h3-6,13H,1,7-9H2,2H3. The summed E-state index contributed by atoms with van der Waals surface area (Å²) in [6.07, 6.45) is 2.41. The third kappa shape index (κ3) is 2.01. The van der Waals surface area contributed by atoms with Gasteiger partial charge in [-0.1, -0.05) is 29.8 Å². The summed E-state index contributed by atoms with van der Waals surface area (Å²) >= 11 is 0. The Morgan fingerprint density at radius 1 is 1.40 bits per heavy atom. The molecule has 0 fully saturated rings. The van der Waals surface area contributed by atoms with Crippen LogP contribution in [-0.2, 0) is 11.2 Å². The second-order valence-electron chi connectivity index (χ2n) is 4.38. The van der Waals surface area contributed by atoms with Gasteiger partial charge >= 0.3 is 0 Å². The molecule has 1 aliphatic carbocycles. The molecule has 1 aromatic carbocycles. The maximum Gasteiger partial charge on any atom is 0.141 e. The van der Waals surface area contributed by atoms with Crippen LogP contribution in [0.4, 0.5) is 0 Å². The number of allylic oxidation sites excluding steroid dienone is 1. The topological polar surface area (TPSA) is 17.1 Å². The van der Waals surface area contributed by atoms with Crippen LogP contribution in [0.1, 0.15) is 36.8 Å². The third-order valence-corrected chi connectivity index (χ3v) is 3.04. The van der Waals surface area contributed by atoms with Gasteiger partial charge in [-0.15, -0.1) is 6.58 Å². The molecule has 0 amide bonds. The van der Waals surface area contributed by atoms with Gasteiger partial charge < -0.3 is 0 Å². The maximum absolute atomic E-state index is 11.9. The highest BCUT2D eigenvalue weighted by Crippen LogP contribution is 2.36. The number of rotatable bonds is 4. The molecule has 0 aromatic heterocycles. The van der Waals surface area contributed by atoms with Crippen LogP contribution in [0.5, 0.6) is 0 Å². The fraction of sp³-hybridized carbons (Fsp3) is 0.357. The van der Waals surface area contributed by atoms with E-state index in [1.165, 1.54) is 11.1 Å². The Bertz CT molecular complexity index is 404. The second-order valence-corrected chi connectivity index (χ2v) is 4.38. The molecule has 0 radical (unpaired) electrons. The quantitative estimate of drug-likeness (QED) is 0.682. The normalized spacial score (nSPS) is 17.8. The van der Waals surface area contributed by atoms with Gasteiger partial charge in [0.05, 0.1) is 0 Å². The molecule has 0 aliphatic heterocycles. The summed E-state index contributed by atoms with van der Waals surface area (Å²) < 4.78 is 0. The predicted molar refractivity (Wildman–Crippen MR) is 61.9 cm³/mol. The van der Waals surface area contributed by atoms with E-state index in [0.29, 0.717) is 12.2 Å². The first-order chi connectivity index (χ1) is 7.18. The molecule has 78 valence electrons. The van der Waals surface area contributed by atoms with Crippen molar-refractivity contribution in [3.63, 3.8) is 0 Å². The van der Waals surface area contributed by atoms with Crippen molar-refractivity contribution in [2.24, 2.45) is 0 Å². The van der Waals surface area contributed by atoms with E-state index in [9.17, 15) is 4.79 Å². The summed E-state index contributed by atoms with van der Waals surface area (Å²) in [7, 11) is 0. The average Bonchev–Trinajstić information content (AvgIpc) is 2.17. The van der Waals surface area contributed by atoms with Crippen molar-refractivity contribution in [1.29, 1.82) is 0 Å². The van der Waals surface area contributed by atoms with Crippen LogP contribution in [-0.4, -0.2) is 5.78 Å². The van der Waals surface area contributed by atoms with Crippen molar-refractivity contribution < 1.29 is 4.79 Å². The molecule has 1 unspecified atom stereocenters. The Morgan fingerprint density at radius 3 is 2.80 bits per heavy atom. The van der Waals surface area contributed by atoms with Crippen molar-refractivity contribution in [1.82, 2.24) is 0 Å². The van der Waals surface area contributed by atoms with Crippen molar-refractivity contribution >= 4 is 5.78 Å². The number of hydrogen-bond acceptors (Lipinski definition) is 1. The van der Waals surface area contributed by atoms with E-state index in [1.807, 2.05) is 19.1 Å². The molecule has 1 aromatic rings. The summed E-state index contributed by atoms with van der Waals surface area (Å²) in [4.78, 5) is 11.9. The highest BCUT2D eigenvalue weighted by atomic mass is 16.1. The molecular formula is C14H16O. The van der Waals surface area contributed by atoms with E-state index >= 15 is 0 Å². The van der Waals surface area contributed by atoms with Crippen LogP contribution in [0.3, 0.4) is 0 Å². The van der Waals surface area contributed by atoms with E-state index in [-0.39, 0.29) is 5.92 Å². The van der Waals surface area contributed by atoms with E-state index in [0.717, 1.165) is 18.4 Å². The first-order valence-electron chi connectivity index (χ1n) is 5.43. The fourth-order valence-electron chi connectivity index (χ4n) is 2.06. The molecule has 2 rings (SSSR count). The summed E-state index contributed by atoms with van der Waals surface area (Å²) in [5.41, 5.74) is 3.67. The number of carbonyl (C=O) groups is 1. The zero-order chi connectivity index (χ0) is 10.8. The maximum atomic E-state index is 11.9. The number of carbonyl (C=O) groups excluding carboxylic acids is 1. The zero-order valence-corrected chi connectivity index (χ0v) is 9.12. The molecule has 0 bridgehead atoms. The minimum Gasteiger partial charge on any atom is -0.299 e. The lowest BCUT2D eigenvalue weighted by atomic mass is 9.74. The molecule has 0 spiro atoms. The first kappa shape index (κ1) is 10.2. The molecule has 0 N–H and O–H groups in total. The van der Waals surface area contributed by atoms with Gasteiger partial charge in [0.2, 0.25) is 0 Å². The molecule has 0 heterocycles. The average molecular weight is 200 g/mol. The second kappa shape index (κ2) is 4.01. The lowest BCUT2D eigenvalue weighted by Gasteiger charge is -2.28. The number of hydrogen-bond donors (Lipinski definition) is 0. The Kier molecular flexibility index (Phi) is 2.72. The SMILES string of the molecule is C=C(C)CCC(=O)C1Cc2ccccc21. The van der Waals surface area contributed by atoms with Gasteiger partial charge in [-0.3, -0.25) is 4.79 Å². The summed E-state index contributed by atoms with van der Waals surface area (Å²) in [6, 6.07) is 8.23. The van der Waals surface area contributed by atoms with Crippen molar-refractivity contribution in [2.75, 3.05) is 0 Å². The minimum absolute atomic E-state index is 0.167. The zero-order valence-electron chi connectivity index (χ0n) is 9.12. The molecule has 0 saturated carbocycles. The van der Waals surface area contributed by atoms with Crippen LogP contribution in [0.25, 0.3) is 0 Å². The van der Waals surface area contributed by atoms with Gasteiger partial charge in [0, 0.05) is 12.3 Å². The van der Waals surface area contributed by atoms with E-state index in [2.05, 4.69) is 18.7 Å². The van der Waals surface area contributed by atoms with Crippen LogP contribution in [0.15, 0.2) is 36.4 Å². The van der Waals surface area contributed by atoms with Gasteiger partial charge in [0.1, 0.15) is 5.78 Å². The number of ketones is 1. The Morgan fingerprint density at radius 2 is 2.13 bits per heavy atom. The van der Waals surface area contributed by atoms with Crippen molar-refractivity contribution in [3.05, 3.63) is 47.5 Å². The van der Waals surface area contributed by atoms with Crippen LogP contribution in [0.2, 0.25) is 0 Å². The predicted octanol–water partition coefficient (Wildman–Crippen LogP) is 3.25. The van der Waals surface area contributed by atoms with Crippen molar-refractivity contribution in [3.8, 4) is 0 Å². The molecular weight excluding hydrogens is 184 g/mol. The van der Waals surface area contributed by atoms with Gasteiger partial charge in [-0.25, -0.2) is 0 Å². The van der Waals surface area contributed by atoms with Gasteiger partial charge in [-0.05, 0) is 30.9 Å². The van der Waals surface area contributed by atoms with Gasteiger partial charge in [0.25, 0.3) is 0 Å². The first-order valence-corrected chi connectivity index (χ1v) is 5.43.